The third-order valence-corrected chi connectivity index (χ3v) is 5.72. The molecule has 0 aliphatic carbocycles. The van der Waals surface area contributed by atoms with E-state index in [9.17, 15) is 9.59 Å². The Morgan fingerprint density at radius 2 is 1.00 bits per heavy atom. The predicted octanol–water partition coefficient (Wildman–Crippen LogP) is 8.33. The van der Waals surface area contributed by atoms with E-state index in [1.807, 2.05) is 0 Å². The Labute approximate surface area is 181 Å². The molecule has 0 aromatic carbocycles. The van der Waals surface area contributed by atoms with E-state index in [4.69, 9.17) is 4.74 Å². The number of carbonyl (C=O) groups is 2. The Morgan fingerprint density at radius 3 is 1.48 bits per heavy atom. The van der Waals surface area contributed by atoms with Crippen LogP contribution in [0.1, 0.15) is 149 Å². The van der Waals surface area contributed by atoms with E-state index < -0.39 is 0 Å². The third kappa shape index (κ3) is 21.7. The van der Waals surface area contributed by atoms with Gasteiger partial charge in [-0.25, -0.2) is 0 Å². The number of unbranched alkanes of at least 4 members (excludes halogenated alkanes) is 13. The second-order valence-electron chi connectivity index (χ2n) is 8.84. The number of hydrogen-bond acceptors (Lipinski definition) is 3. The second-order valence-corrected chi connectivity index (χ2v) is 8.84. The highest BCUT2D eigenvalue weighted by atomic mass is 16.5. The summed E-state index contributed by atoms with van der Waals surface area (Å²) in [6.45, 7) is 6.14. The SMILES string of the molecule is CCCCCCCCC(CCCCCCCC)OC(=O)CCCCCCC(C)=O. The zero-order valence-electron chi connectivity index (χ0n) is 19.9. The molecule has 0 rings (SSSR count). The predicted molar refractivity (Wildman–Crippen MR) is 124 cm³/mol. The van der Waals surface area contributed by atoms with Crippen molar-refractivity contribution < 1.29 is 14.3 Å². The fourth-order valence-electron chi connectivity index (χ4n) is 3.81. The van der Waals surface area contributed by atoms with Gasteiger partial charge >= 0.3 is 5.97 Å². The molecule has 0 saturated carbocycles. The average molecular weight is 411 g/mol. The first-order valence-corrected chi connectivity index (χ1v) is 12.8. The van der Waals surface area contributed by atoms with E-state index in [1.54, 1.807) is 6.92 Å². The molecule has 0 aliphatic rings. The van der Waals surface area contributed by atoms with Crippen molar-refractivity contribution in [2.24, 2.45) is 0 Å². The number of hydrogen-bond donors (Lipinski definition) is 0. The van der Waals surface area contributed by atoms with Crippen molar-refractivity contribution in [2.45, 2.75) is 155 Å². The summed E-state index contributed by atoms with van der Waals surface area (Å²) in [6, 6.07) is 0. The smallest absolute Gasteiger partial charge is 0.306 e. The minimum Gasteiger partial charge on any atom is -0.462 e. The molecule has 0 bridgehead atoms. The van der Waals surface area contributed by atoms with Crippen LogP contribution in [0.5, 0.6) is 0 Å². The van der Waals surface area contributed by atoms with Gasteiger partial charge in [-0.2, -0.15) is 0 Å². The van der Waals surface area contributed by atoms with Crippen molar-refractivity contribution in [1.82, 2.24) is 0 Å². The molecule has 0 aromatic rings. The van der Waals surface area contributed by atoms with Crippen LogP contribution in [0, 0.1) is 0 Å². The highest BCUT2D eigenvalue weighted by molar-refractivity contribution is 5.75. The molecular formula is C26H50O3. The summed E-state index contributed by atoms with van der Waals surface area (Å²) in [4.78, 5) is 23.2. The van der Waals surface area contributed by atoms with Crippen LogP contribution in [0.4, 0.5) is 0 Å². The first-order valence-electron chi connectivity index (χ1n) is 12.8. The number of esters is 1. The Hall–Kier alpha value is -0.860. The van der Waals surface area contributed by atoms with E-state index in [0.29, 0.717) is 12.8 Å². The van der Waals surface area contributed by atoms with Gasteiger partial charge < -0.3 is 9.53 Å². The standard InChI is InChI=1S/C26H50O3/c1-4-6-8-10-12-17-21-25(22-18-13-11-9-7-5-2)29-26(28)23-19-15-14-16-20-24(3)27/h25H,4-23H2,1-3H3. The monoisotopic (exact) mass is 410 g/mol. The van der Waals surface area contributed by atoms with Gasteiger partial charge in [0.2, 0.25) is 0 Å². The number of rotatable bonds is 22. The van der Waals surface area contributed by atoms with Crippen LogP contribution in [0.2, 0.25) is 0 Å². The van der Waals surface area contributed by atoms with Crippen LogP contribution >= 0.6 is 0 Å². The first-order chi connectivity index (χ1) is 14.1. The van der Waals surface area contributed by atoms with Gasteiger partial charge in [-0.05, 0) is 45.4 Å². The molecule has 172 valence electrons. The Morgan fingerprint density at radius 1 is 0.586 bits per heavy atom. The molecule has 0 amide bonds. The lowest BCUT2D eigenvalue weighted by atomic mass is 10.0. The molecule has 0 fully saturated rings. The molecule has 0 radical (unpaired) electrons. The van der Waals surface area contributed by atoms with Crippen LogP contribution in [-0.4, -0.2) is 17.9 Å². The number of ketones is 1. The van der Waals surface area contributed by atoms with E-state index >= 15 is 0 Å². The van der Waals surface area contributed by atoms with Gasteiger partial charge in [-0.15, -0.1) is 0 Å². The Balaban J connectivity index is 4.02. The number of carbonyl (C=O) groups excluding carboxylic acids is 2. The van der Waals surface area contributed by atoms with Crippen molar-refractivity contribution in [1.29, 1.82) is 0 Å². The van der Waals surface area contributed by atoms with E-state index in [1.165, 1.54) is 77.0 Å². The van der Waals surface area contributed by atoms with Crippen LogP contribution in [0.15, 0.2) is 0 Å². The minimum absolute atomic E-state index is 0.0152. The van der Waals surface area contributed by atoms with Gasteiger partial charge in [0.25, 0.3) is 0 Å². The van der Waals surface area contributed by atoms with E-state index in [0.717, 1.165) is 38.5 Å². The third-order valence-electron chi connectivity index (χ3n) is 5.72. The quantitative estimate of drug-likeness (QED) is 0.133. The molecule has 0 aromatic heterocycles. The molecule has 0 heterocycles. The van der Waals surface area contributed by atoms with Gasteiger partial charge in [-0.3, -0.25) is 4.79 Å². The Kier molecular flexibility index (Phi) is 21.2. The normalized spacial score (nSPS) is 11.2. The molecule has 0 unspecified atom stereocenters. The summed E-state index contributed by atoms with van der Waals surface area (Å²) in [5, 5.41) is 0. The van der Waals surface area contributed by atoms with Crippen LogP contribution in [-0.2, 0) is 14.3 Å². The Bertz CT molecular complexity index is 362. The molecule has 0 atom stereocenters. The minimum atomic E-state index is -0.0152. The molecule has 29 heavy (non-hydrogen) atoms. The largest absolute Gasteiger partial charge is 0.462 e. The van der Waals surface area contributed by atoms with Crippen molar-refractivity contribution in [3.63, 3.8) is 0 Å². The van der Waals surface area contributed by atoms with Crippen LogP contribution in [0.25, 0.3) is 0 Å². The fraction of sp³-hybridized carbons (Fsp3) is 0.923. The molecule has 3 nitrogen and oxygen atoms in total. The topological polar surface area (TPSA) is 43.4 Å². The summed E-state index contributed by atoms with van der Waals surface area (Å²) in [7, 11) is 0. The zero-order chi connectivity index (χ0) is 21.6. The zero-order valence-corrected chi connectivity index (χ0v) is 19.9. The lowest BCUT2D eigenvalue weighted by Gasteiger charge is -2.18. The maximum absolute atomic E-state index is 12.3. The summed E-state index contributed by atoms with van der Waals surface area (Å²) >= 11 is 0. The lowest BCUT2D eigenvalue weighted by Crippen LogP contribution is -2.18. The van der Waals surface area contributed by atoms with Crippen LogP contribution < -0.4 is 0 Å². The van der Waals surface area contributed by atoms with Gasteiger partial charge in [0.05, 0.1) is 0 Å². The summed E-state index contributed by atoms with van der Waals surface area (Å²) in [6.07, 6.45) is 22.7. The van der Waals surface area contributed by atoms with Crippen molar-refractivity contribution in [2.75, 3.05) is 0 Å². The van der Waals surface area contributed by atoms with Crippen molar-refractivity contribution >= 4 is 11.8 Å². The summed E-state index contributed by atoms with van der Waals surface area (Å²) in [5.74, 6) is 0.246. The first kappa shape index (κ1) is 28.1. The maximum atomic E-state index is 12.3. The molecule has 3 heteroatoms. The van der Waals surface area contributed by atoms with Gasteiger partial charge in [0.1, 0.15) is 11.9 Å². The van der Waals surface area contributed by atoms with Crippen molar-refractivity contribution in [3.8, 4) is 0 Å². The van der Waals surface area contributed by atoms with Crippen LogP contribution in [0.3, 0.4) is 0 Å². The van der Waals surface area contributed by atoms with Gasteiger partial charge in [0.15, 0.2) is 0 Å². The second kappa shape index (κ2) is 21.8. The average Bonchev–Trinajstić information content (AvgIpc) is 2.69. The maximum Gasteiger partial charge on any atom is 0.306 e. The molecule has 0 saturated heterocycles. The highest BCUT2D eigenvalue weighted by Gasteiger charge is 2.14. The molecular weight excluding hydrogens is 360 g/mol. The van der Waals surface area contributed by atoms with E-state index in [2.05, 4.69) is 13.8 Å². The summed E-state index contributed by atoms with van der Waals surface area (Å²) < 4.78 is 5.86. The molecule has 0 spiro atoms. The molecule has 0 N–H and O–H groups in total. The fourth-order valence-corrected chi connectivity index (χ4v) is 3.81. The summed E-state index contributed by atoms with van der Waals surface area (Å²) in [5.41, 5.74) is 0. The van der Waals surface area contributed by atoms with E-state index in [-0.39, 0.29) is 17.9 Å². The lowest BCUT2D eigenvalue weighted by molar-refractivity contribution is -0.150. The van der Waals surface area contributed by atoms with Crippen molar-refractivity contribution in [3.05, 3.63) is 0 Å². The van der Waals surface area contributed by atoms with Gasteiger partial charge in [0, 0.05) is 12.8 Å². The van der Waals surface area contributed by atoms with Gasteiger partial charge in [-0.1, -0.05) is 90.9 Å². The number of Topliss-reactive ketones (excluding diaryl/α,β-unsaturated/α-hetero) is 1. The number of ether oxygens (including phenoxy) is 1. The molecule has 0 aliphatic heterocycles. The highest BCUT2D eigenvalue weighted by Crippen LogP contribution is 2.18.